The minimum atomic E-state index is -4.51. The van der Waals surface area contributed by atoms with Gasteiger partial charge in [-0.2, -0.15) is 13.2 Å². The zero-order chi connectivity index (χ0) is 10.7. The van der Waals surface area contributed by atoms with Crippen molar-refractivity contribution >= 4 is 23.2 Å². The van der Waals surface area contributed by atoms with Crippen molar-refractivity contribution in [2.45, 2.75) is 41.1 Å². The van der Waals surface area contributed by atoms with Gasteiger partial charge in [0.25, 0.3) is 0 Å². The zero-order valence-corrected chi connectivity index (χ0v) is 11.5. The van der Waals surface area contributed by atoms with Crippen LogP contribution in [0.5, 0.6) is 0 Å². The molecule has 0 spiro atoms. The van der Waals surface area contributed by atoms with Gasteiger partial charge in [0.05, 0.1) is 0 Å². The van der Waals surface area contributed by atoms with Crippen LogP contribution in [0, 0.1) is 0 Å². The van der Waals surface area contributed by atoms with Gasteiger partial charge >= 0.3 is 64.4 Å². The van der Waals surface area contributed by atoms with E-state index >= 15 is 0 Å². The molecule has 0 aliphatic carbocycles. The molecule has 0 saturated heterocycles. The van der Waals surface area contributed by atoms with Crippen LogP contribution in [-0.2, 0) is 0 Å². The summed E-state index contributed by atoms with van der Waals surface area (Å²) in [6, 6.07) is 0. The molecule has 0 fully saturated rings. The van der Waals surface area contributed by atoms with E-state index in [0.717, 1.165) is 0 Å². The molecule has 0 aromatic rings. The maximum atomic E-state index is 10.5. The number of halogens is 3. The molecular formula is C8H16BiF3O. The molecule has 0 amide bonds. The normalized spacial score (nSPS) is 10.6. The van der Waals surface area contributed by atoms with E-state index in [1.54, 1.807) is 8.26 Å². The van der Waals surface area contributed by atoms with Crippen molar-refractivity contribution in [2.75, 3.05) is 6.61 Å². The first kappa shape index (κ1) is 16.1. The van der Waals surface area contributed by atoms with E-state index in [2.05, 4.69) is 13.8 Å². The summed E-state index contributed by atoms with van der Waals surface area (Å²) >= 11 is 0.103. The quantitative estimate of drug-likeness (QED) is 0.530. The average Bonchev–Trinajstić information content (AvgIpc) is 2.06. The monoisotopic (exact) mass is 394 g/mol. The molecule has 0 heterocycles. The van der Waals surface area contributed by atoms with Crippen molar-refractivity contribution in [3.8, 4) is 0 Å². The van der Waals surface area contributed by atoms with Crippen LogP contribution in [0.2, 0.25) is 8.26 Å². The molecule has 0 N–H and O–H groups in total. The van der Waals surface area contributed by atoms with Crippen molar-refractivity contribution in [2.24, 2.45) is 0 Å². The Balaban J connectivity index is 0. The SMILES string of the molecule is CC[CH2][Bi+][CH2]CC.[O-]CC(F)(F)F. The molecule has 0 aliphatic heterocycles. The van der Waals surface area contributed by atoms with Gasteiger partial charge in [0.15, 0.2) is 0 Å². The van der Waals surface area contributed by atoms with Crippen molar-refractivity contribution in [1.82, 2.24) is 0 Å². The van der Waals surface area contributed by atoms with E-state index in [1.165, 1.54) is 12.8 Å². The van der Waals surface area contributed by atoms with Crippen LogP contribution in [0.15, 0.2) is 0 Å². The second kappa shape index (κ2) is 10.7. The molecule has 0 unspecified atom stereocenters. The summed E-state index contributed by atoms with van der Waals surface area (Å²) in [5.74, 6) is 0. The van der Waals surface area contributed by atoms with Gasteiger partial charge < -0.3 is 5.11 Å². The fourth-order valence-corrected chi connectivity index (χ4v) is 3.76. The van der Waals surface area contributed by atoms with Crippen LogP contribution in [0.4, 0.5) is 13.2 Å². The van der Waals surface area contributed by atoms with Crippen LogP contribution in [-0.4, -0.2) is 36.0 Å². The first-order valence-corrected chi connectivity index (χ1v) is 9.17. The Labute approximate surface area is 89.3 Å². The number of hydrogen-bond donors (Lipinski definition) is 0. The Hall–Kier alpha value is 0.633. The number of rotatable bonds is 4. The molecule has 80 valence electrons. The Kier molecular flexibility index (Phi) is 13.2. The van der Waals surface area contributed by atoms with E-state index in [4.69, 9.17) is 5.11 Å². The van der Waals surface area contributed by atoms with Crippen LogP contribution in [0.3, 0.4) is 0 Å². The molecule has 1 nitrogen and oxygen atoms in total. The summed E-state index contributed by atoms with van der Waals surface area (Å²) in [7, 11) is 0. The molecule has 2 radical (unpaired) electrons. The third-order valence-electron chi connectivity index (χ3n) is 0.927. The van der Waals surface area contributed by atoms with E-state index < -0.39 is 12.8 Å². The molecule has 0 rings (SSSR count). The summed E-state index contributed by atoms with van der Waals surface area (Å²) < 4.78 is 34.6. The first-order valence-electron chi connectivity index (χ1n) is 4.26. The third kappa shape index (κ3) is 24.5. The third-order valence-corrected chi connectivity index (χ3v) is 6.86. The van der Waals surface area contributed by atoms with Crippen molar-refractivity contribution in [3.05, 3.63) is 0 Å². The predicted molar refractivity (Wildman–Crippen MR) is 46.9 cm³/mol. The fourth-order valence-electron chi connectivity index (χ4n) is 0.428. The van der Waals surface area contributed by atoms with E-state index in [-0.39, 0.29) is 23.2 Å². The smallest absolute Gasteiger partial charge is 0.374 e. The van der Waals surface area contributed by atoms with Gasteiger partial charge in [-0.25, -0.2) is 0 Å². The second-order valence-corrected chi connectivity index (χ2v) is 7.65. The van der Waals surface area contributed by atoms with E-state index in [0.29, 0.717) is 0 Å². The largest absolute Gasteiger partial charge is 0.848 e. The molecule has 5 heteroatoms. The topological polar surface area (TPSA) is 23.1 Å². The maximum Gasteiger partial charge on any atom is 0.374 e. The van der Waals surface area contributed by atoms with Crippen molar-refractivity contribution in [3.63, 3.8) is 0 Å². The fraction of sp³-hybridized carbons (Fsp3) is 1.00. The van der Waals surface area contributed by atoms with Gasteiger partial charge in [-0.05, 0) is 6.61 Å². The Bertz CT molecular complexity index is 91.9. The molecule has 0 saturated carbocycles. The van der Waals surface area contributed by atoms with Gasteiger partial charge in [0.2, 0.25) is 0 Å². The summed E-state index contributed by atoms with van der Waals surface area (Å²) in [4.78, 5) is 0. The second-order valence-electron chi connectivity index (χ2n) is 2.43. The summed E-state index contributed by atoms with van der Waals surface area (Å²) in [5, 5.41) is 8.83. The molecule has 13 heavy (non-hydrogen) atoms. The molecular weight excluding hydrogens is 378 g/mol. The average molecular weight is 394 g/mol. The van der Waals surface area contributed by atoms with Crippen molar-refractivity contribution < 1.29 is 18.3 Å². The minimum absolute atomic E-state index is 0.103. The molecule has 0 aromatic heterocycles. The predicted octanol–water partition coefficient (Wildman–Crippen LogP) is 2.26. The van der Waals surface area contributed by atoms with Crippen LogP contribution >= 0.6 is 0 Å². The minimum Gasteiger partial charge on any atom is -0.848 e. The number of hydrogen-bond acceptors (Lipinski definition) is 1. The van der Waals surface area contributed by atoms with Crippen LogP contribution < -0.4 is 5.11 Å². The van der Waals surface area contributed by atoms with Crippen molar-refractivity contribution in [1.29, 1.82) is 0 Å². The van der Waals surface area contributed by atoms with Crippen LogP contribution in [0.25, 0.3) is 0 Å². The summed E-state index contributed by atoms with van der Waals surface area (Å²) in [6.07, 6.45) is -1.63. The molecule has 0 atom stereocenters. The maximum absolute atomic E-state index is 10.5. The molecule has 0 aromatic carbocycles. The number of alkyl halides is 3. The Morgan fingerprint density at radius 1 is 1.08 bits per heavy atom. The van der Waals surface area contributed by atoms with Gasteiger partial charge in [0, 0.05) is 0 Å². The van der Waals surface area contributed by atoms with Crippen LogP contribution in [0.1, 0.15) is 26.7 Å². The Morgan fingerprint density at radius 3 is 1.54 bits per heavy atom. The zero-order valence-electron chi connectivity index (χ0n) is 8.02. The summed E-state index contributed by atoms with van der Waals surface area (Å²) in [6.45, 7) is 2.60. The van der Waals surface area contributed by atoms with E-state index in [1.807, 2.05) is 0 Å². The molecule has 0 aliphatic rings. The Morgan fingerprint density at radius 2 is 1.38 bits per heavy atom. The van der Waals surface area contributed by atoms with E-state index in [9.17, 15) is 13.2 Å². The molecule has 0 bridgehead atoms. The standard InChI is InChI=1S/2C3H7.C2H2F3O.Bi/c2*1-3-2;3-2(4,5)1-6;/h2*1,3H2,2H3;1H2;/q;;-1;+1. The van der Waals surface area contributed by atoms with Gasteiger partial charge in [0.1, 0.15) is 0 Å². The summed E-state index contributed by atoms with van der Waals surface area (Å²) in [5.41, 5.74) is 0. The van der Waals surface area contributed by atoms with Gasteiger partial charge in [-0.15, -0.1) is 0 Å². The first-order chi connectivity index (χ1) is 5.97. The van der Waals surface area contributed by atoms with Gasteiger partial charge in [-0.3, -0.25) is 0 Å². The van der Waals surface area contributed by atoms with Gasteiger partial charge in [-0.1, -0.05) is 0 Å².